The Labute approximate surface area is 136 Å². The summed E-state index contributed by atoms with van der Waals surface area (Å²) in [6.07, 6.45) is 4.25. The van der Waals surface area contributed by atoms with Gasteiger partial charge in [-0.15, -0.1) is 0 Å². The minimum Gasteiger partial charge on any atom is -0.383 e. The van der Waals surface area contributed by atoms with Crippen LogP contribution in [0, 0.1) is 0 Å². The van der Waals surface area contributed by atoms with Gasteiger partial charge in [-0.3, -0.25) is 0 Å². The Bertz CT molecular complexity index is 617. The van der Waals surface area contributed by atoms with Crippen LogP contribution in [-0.2, 0) is 10.0 Å². The first-order chi connectivity index (χ1) is 10.4. The maximum atomic E-state index is 11.8. The van der Waals surface area contributed by atoms with Gasteiger partial charge in [0.1, 0.15) is 12.0 Å². The molecule has 2 heterocycles. The minimum atomic E-state index is -3.16. The summed E-state index contributed by atoms with van der Waals surface area (Å²) in [6, 6.07) is 0.0478. The van der Waals surface area contributed by atoms with Crippen molar-refractivity contribution in [2.45, 2.75) is 25.8 Å². The highest BCUT2D eigenvalue weighted by molar-refractivity contribution is 7.88. The first-order valence-electron chi connectivity index (χ1n) is 7.28. The van der Waals surface area contributed by atoms with Crippen LogP contribution in [0.1, 0.15) is 19.8 Å². The lowest BCUT2D eigenvalue weighted by Crippen LogP contribution is -2.47. The molecule has 0 unspecified atom stereocenters. The van der Waals surface area contributed by atoms with Crippen molar-refractivity contribution in [1.29, 1.82) is 0 Å². The third kappa shape index (κ3) is 3.61. The lowest BCUT2D eigenvalue weighted by Gasteiger charge is -2.37. The number of halogens is 1. The number of nitrogens with zero attached hydrogens (tertiary/aromatic N) is 4. The van der Waals surface area contributed by atoms with E-state index in [1.807, 2.05) is 6.92 Å². The largest absolute Gasteiger partial charge is 0.383 e. The smallest absolute Gasteiger partial charge is 0.211 e. The summed E-state index contributed by atoms with van der Waals surface area (Å²) < 4.78 is 25.2. The third-order valence-electron chi connectivity index (χ3n) is 3.94. The van der Waals surface area contributed by atoms with Crippen LogP contribution in [0.2, 0.25) is 5.15 Å². The Morgan fingerprint density at radius 1 is 1.41 bits per heavy atom. The van der Waals surface area contributed by atoms with Crippen molar-refractivity contribution in [2.75, 3.05) is 43.2 Å². The van der Waals surface area contributed by atoms with Crippen LogP contribution in [-0.4, -0.2) is 61.7 Å². The molecule has 22 heavy (non-hydrogen) atoms. The molecule has 9 heteroatoms. The van der Waals surface area contributed by atoms with Crippen molar-refractivity contribution >= 4 is 33.1 Å². The summed E-state index contributed by atoms with van der Waals surface area (Å²) in [5, 5.41) is 3.42. The zero-order chi connectivity index (χ0) is 16.3. The van der Waals surface area contributed by atoms with Gasteiger partial charge in [-0.2, -0.15) is 4.31 Å². The lowest BCUT2D eigenvalue weighted by molar-refractivity contribution is 0.285. The molecule has 0 aliphatic carbocycles. The van der Waals surface area contributed by atoms with E-state index in [2.05, 4.69) is 20.2 Å². The number of sulfonamides is 1. The van der Waals surface area contributed by atoms with Crippen molar-refractivity contribution in [1.82, 2.24) is 14.3 Å². The van der Waals surface area contributed by atoms with E-state index in [1.54, 1.807) is 11.4 Å². The summed E-state index contributed by atoms with van der Waals surface area (Å²) in [5.41, 5.74) is 0.707. The molecule has 1 aromatic heterocycles. The molecule has 0 atom stereocenters. The van der Waals surface area contributed by atoms with Crippen molar-refractivity contribution in [3.05, 3.63) is 11.5 Å². The van der Waals surface area contributed by atoms with Crippen LogP contribution in [0.3, 0.4) is 0 Å². The normalized spacial score (nSPS) is 17.0. The fourth-order valence-corrected chi connectivity index (χ4v) is 4.38. The zero-order valence-electron chi connectivity index (χ0n) is 13.1. The molecule has 0 amide bonds. The molecular formula is C13H22ClN5O2S. The van der Waals surface area contributed by atoms with E-state index in [4.69, 9.17) is 11.6 Å². The number of nitrogens with one attached hydrogen (secondary N) is 1. The maximum Gasteiger partial charge on any atom is 0.211 e. The molecule has 1 fully saturated rings. The molecule has 7 nitrogen and oxygen atoms in total. The van der Waals surface area contributed by atoms with Gasteiger partial charge < -0.3 is 10.2 Å². The summed E-state index contributed by atoms with van der Waals surface area (Å²) >= 11 is 6.08. The Morgan fingerprint density at radius 3 is 2.55 bits per heavy atom. The van der Waals surface area contributed by atoms with E-state index in [1.165, 1.54) is 12.6 Å². The molecule has 0 radical (unpaired) electrons. The lowest BCUT2D eigenvalue weighted by atomic mass is 10.0. The average molecular weight is 348 g/mol. The summed E-state index contributed by atoms with van der Waals surface area (Å²) in [4.78, 5) is 10.4. The van der Waals surface area contributed by atoms with E-state index in [9.17, 15) is 8.42 Å². The Hall–Kier alpha value is -1.12. The van der Waals surface area contributed by atoms with Crippen molar-refractivity contribution in [2.24, 2.45) is 0 Å². The van der Waals surface area contributed by atoms with Crippen molar-refractivity contribution in [3.8, 4) is 0 Å². The number of hydrogen-bond donors (Lipinski definition) is 1. The van der Waals surface area contributed by atoms with Gasteiger partial charge in [0, 0.05) is 32.7 Å². The Morgan fingerprint density at radius 2 is 2.05 bits per heavy atom. The predicted molar refractivity (Wildman–Crippen MR) is 89.0 cm³/mol. The summed E-state index contributed by atoms with van der Waals surface area (Å²) in [6.45, 7) is 3.85. The molecule has 124 valence electrons. The second-order valence-electron chi connectivity index (χ2n) is 5.30. The molecule has 0 aromatic carbocycles. The second kappa shape index (κ2) is 6.97. The standard InChI is InChI=1S/C13H22ClN5O2S/c1-4-19(22(3,20)21)10-5-7-18(8-6-10)13-11(15-2)12(14)16-9-17-13/h9-10,15H,4-8H2,1-3H3. The van der Waals surface area contributed by atoms with E-state index >= 15 is 0 Å². The van der Waals surface area contributed by atoms with Gasteiger partial charge in [0.15, 0.2) is 11.0 Å². The maximum absolute atomic E-state index is 11.8. The van der Waals surface area contributed by atoms with E-state index in [0.717, 1.165) is 31.7 Å². The zero-order valence-corrected chi connectivity index (χ0v) is 14.7. The van der Waals surface area contributed by atoms with Gasteiger partial charge in [-0.25, -0.2) is 18.4 Å². The van der Waals surface area contributed by atoms with Crippen molar-refractivity contribution < 1.29 is 8.42 Å². The van der Waals surface area contributed by atoms with Crippen LogP contribution in [0.15, 0.2) is 6.33 Å². The highest BCUT2D eigenvalue weighted by Crippen LogP contribution is 2.31. The number of hydrogen-bond acceptors (Lipinski definition) is 6. The molecule has 1 aliphatic heterocycles. The molecule has 0 spiro atoms. The molecule has 0 saturated carbocycles. The van der Waals surface area contributed by atoms with Gasteiger partial charge >= 0.3 is 0 Å². The highest BCUT2D eigenvalue weighted by atomic mass is 35.5. The number of aromatic nitrogens is 2. The van der Waals surface area contributed by atoms with E-state index in [0.29, 0.717) is 17.4 Å². The van der Waals surface area contributed by atoms with Crippen LogP contribution >= 0.6 is 11.6 Å². The molecule has 1 aromatic rings. The Balaban J connectivity index is 2.11. The van der Waals surface area contributed by atoms with Gasteiger partial charge in [-0.05, 0) is 12.8 Å². The first-order valence-corrected chi connectivity index (χ1v) is 9.51. The van der Waals surface area contributed by atoms with Crippen LogP contribution in [0.5, 0.6) is 0 Å². The molecule has 1 saturated heterocycles. The fraction of sp³-hybridized carbons (Fsp3) is 0.692. The van der Waals surface area contributed by atoms with Crippen LogP contribution in [0.25, 0.3) is 0 Å². The monoisotopic (exact) mass is 347 g/mol. The average Bonchev–Trinajstić information content (AvgIpc) is 2.47. The van der Waals surface area contributed by atoms with Crippen LogP contribution in [0.4, 0.5) is 11.5 Å². The van der Waals surface area contributed by atoms with Gasteiger partial charge in [0.05, 0.1) is 6.26 Å². The fourth-order valence-electron chi connectivity index (χ4n) is 2.94. The summed E-state index contributed by atoms with van der Waals surface area (Å²) in [7, 11) is -1.38. The number of rotatable bonds is 5. The van der Waals surface area contributed by atoms with Crippen molar-refractivity contribution in [3.63, 3.8) is 0 Å². The molecule has 2 rings (SSSR count). The second-order valence-corrected chi connectivity index (χ2v) is 7.59. The quantitative estimate of drug-likeness (QED) is 0.812. The van der Waals surface area contributed by atoms with Gasteiger partial charge in [-0.1, -0.05) is 18.5 Å². The predicted octanol–water partition coefficient (Wildman–Crippen LogP) is 1.42. The first kappa shape index (κ1) is 17.2. The topological polar surface area (TPSA) is 78.4 Å². The third-order valence-corrected chi connectivity index (χ3v) is 5.63. The summed E-state index contributed by atoms with van der Waals surface area (Å²) in [5.74, 6) is 0.767. The SMILES string of the molecule is CCN(C1CCN(c2ncnc(Cl)c2NC)CC1)S(C)(=O)=O. The number of piperidine rings is 1. The van der Waals surface area contributed by atoms with Gasteiger partial charge in [0.25, 0.3) is 0 Å². The minimum absolute atomic E-state index is 0.0478. The molecule has 0 bridgehead atoms. The molecular weight excluding hydrogens is 326 g/mol. The van der Waals surface area contributed by atoms with E-state index in [-0.39, 0.29) is 6.04 Å². The molecule has 1 aliphatic rings. The van der Waals surface area contributed by atoms with Gasteiger partial charge in [0.2, 0.25) is 10.0 Å². The van der Waals surface area contributed by atoms with E-state index < -0.39 is 10.0 Å². The highest BCUT2D eigenvalue weighted by Gasteiger charge is 2.30. The van der Waals surface area contributed by atoms with Crippen LogP contribution < -0.4 is 10.2 Å². The number of anilines is 2. The Kier molecular flexibility index (Phi) is 5.46. The molecule has 1 N–H and O–H groups in total.